The van der Waals surface area contributed by atoms with E-state index in [2.05, 4.69) is 16.4 Å². The number of thiazole rings is 1. The van der Waals surface area contributed by atoms with Crippen LogP contribution in [-0.2, 0) is 6.54 Å². The fourth-order valence-corrected chi connectivity index (χ4v) is 2.10. The zero-order valence-corrected chi connectivity index (χ0v) is 10.2. The van der Waals surface area contributed by atoms with Crippen LogP contribution in [0.15, 0.2) is 23.6 Å². The third kappa shape index (κ3) is 2.74. The molecule has 0 saturated carbocycles. The molecule has 2 aromatic rings. The molecule has 0 unspecified atom stereocenters. The van der Waals surface area contributed by atoms with Gasteiger partial charge in [0.25, 0.3) is 0 Å². The van der Waals surface area contributed by atoms with Crippen molar-refractivity contribution in [2.45, 2.75) is 13.5 Å². The molecule has 0 fully saturated rings. The van der Waals surface area contributed by atoms with Crippen LogP contribution in [0.4, 0.5) is 11.4 Å². The van der Waals surface area contributed by atoms with Crippen LogP contribution in [0.1, 0.15) is 16.3 Å². The number of benzene rings is 1. The van der Waals surface area contributed by atoms with E-state index in [0.717, 1.165) is 16.4 Å². The molecule has 0 radical (unpaired) electrons. The SMILES string of the molecule is Cc1nc(CNc2ccc(N)cc2C#N)cs1. The van der Waals surface area contributed by atoms with Crippen molar-refractivity contribution in [2.75, 3.05) is 11.1 Å². The van der Waals surface area contributed by atoms with Gasteiger partial charge in [0.1, 0.15) is 6.07 Å². The first-order valence-electron chi connectivity index (χ1n) is 5.13. The second-order valence-electron chi connectivity index (χ2n) is 3.63. The Kier molecular flexibility index (Phi) is 3.26. The fraction of sp³-hybridized carbons (Fsp3) is 0.167. The van der Waals surface area contributed by atoms with Gasteiger partial charge in [-0.15, -0.1) is 11.3 Å². The Morgan fingerprint density at radius 3 is 3.00 bits per heavy atom. The number of nitrogen functional groups attached to an aromatic ring is 1. The lowest BCUT2D eigenvalue weighted by Crippen LogP contribution is -2.02. The van der Waals surface area contributed by atoms with Crippen molar-refractivity contribution in [3.8, 4) is 6.07 Å². The zero-order valence-electron chi connectivity index (χ0n) is 9.40. The molecule has 0 bridgehead atoms. The van der Waals surface area contributed by atoms with Gasteiger partial charge in [0, 0.05) is 11.1 Å². The quantitative estimate of drug-likeness (QED) is 0.813. The molecule has 5 heteroatoms. The highest BCUT2D eigenvalue weighted by molar-refractivity contribution is 7.09. The first kappa shape index (κ1) is 11.4. The number of rotatable bonds is 3. The molecule has 86 valence electrons. The molecule has 2 rings (SSSR count). The number of nitrogens with zero attached hydrogens (tertiary/aromatic N) is 2. The topological polar surface area (TPSA) is 74.7 Å². The highest BCUT2D eigenvalue weighted by Crippen LogP contribution is 2.19. The summed E-state index contributed by atoms with van der Waals surface area (Å²) in [6.45, 7) is 2.58. The van der Waals surface area contributed by atoms with E-state index in [4.69, 9.17) is 11.0 Å². The Balaban J connectivity index is 2.12. The van der Waals surface area contributed by atoms with Crippen LogP contribution in [0.3, 0.4) is 0 Å². The molecular formula is C12H12N4S. The van der Waals surface area contributed by atoms with E-state index in [0.29, 0.717) is 17.8 Å². The summed E-state index contributed by atoms with van der Waals surface area (Å²) in [5.74, 6) is 0. The Labute approximate surface area is 104 Å². The van der Waals surface area contributed by atoms with Crippen LogP contribution in [0.25, 0.3) is 0 Å². The van der Waals surface area contributed by atoms with Crippen LogP contribution in [-0.4, -0.2) is 4.98 Å². The van der Waals surface area contributed by atoms with Gasteiger partial charge >= 0.3 is 0 Å². The summed E-state index contributed by atoms with van der Waals surface area (Å²) in [6, 6.07) is 7.36. The van der Waals surface area contributed by atoms with Gasteiger partial charge in [-0.3, -0.25) is 0 Å². The molecule has 0 aliphatic heterocycles. The van der Waals surface area contributed by atoms with E-state index >= 15 is 0 Å². The van der Waals surface area contributed by atoms with Crippen molar-refractivity contribution in [1.82, 2.24) is 4.98 Å². The van der Waals surface area contributed by atoms with Gasteiger partial charge in [-0.05, 0) is 25.1 Å². The number of hydrogen-bond donors (Lipinski definition) is 2. The van der Waals surface area contributed by atoms with E-state index < -0.39 is 0 Å². The lowest BCUT2D eigenvalue weighted by atomic mass is 10.1. The number of nitrogens with two attached hydrogens (primary N) is 1. The van der Waals surface area contributed by atoms with Gasteiger partial charge in [0.2, 0.25) is 0 Å². The molecule has 17 heavy (non-hydrogen) atoms. The predicted octanol–water partition coefficient (Wildman–Crippen LogP) is 2.52. The first-order valence-corrected chi connectivity index (χ1v) is 6.01. The Hall–Kier alpha value is -2.06. The number of nitrogens with one attached hydrogen (secondary N) is 1. The van der Waals surface area contributed by atoms with E-state index in [9.17, 15) is 0 Å². The minimum Gasteiger partial charge on any atom is -0.399 e. The average Bonchev–Trinajstić information content (AvgIpc) is 2.73. The maximum atomic E-state index is 8.99. The standard InChI is InChI=1S/C12H12N4S/c1-8-16-11(7-17-8)6-15-12-3-2-10(14)4-9(12)5-13/h2-4,7,15H,6,14H2,1H3. The Morgan fingerprint density at radius 1 is 1.53 bits per heavy atom. The monoisotopic (exact) mass is 244 g/mol. The van der Waals surface area contributed by atoms with Crippen molar-refractivity contribution in [2.24, 2.45) is 0 Å². The normalized spacial score (nSPS) is 9.88. The largest absolute Gasteiger partial charge is 0.399 e. The molecule has 0 amide bonds. The van der Waals surface area contributed by atoms with Gasteiger partial charge in [-0.1, -0.05) is 0 Å². The summed E-state index contributed by atoms with van der Waals surface area (Å²) < 4.78 is 0. The van der Waals surface area contributed by atoms with Crippen molar-refractivity contribution in [3.05, 3.63) is 39.8 Å². The first-order chi connectivity index (χ1) is 8.19. The van der Waals surface area contributed by atoms with Crippen molar-refractivity contribution >= 4 is 22.7 Å². The summed E-state index contributed by atoms with van der Waals surface area (Å²) in [5, 5.41) is 15.2. The number of nitriles is 1. The molecule has 0 spiro atoms. The number of aryl methyl sites for hydroxylation is 1. The van der Waals surface area contributed by atoms with Crippen LogP contribution in [0.2, 0.25) is 0 Å². The minimum absolute atomic E-state index is 0.553. The molecule has 1 aromatic heterocycles. The number of anilines is 2. The zero-order chi connectivity index (χ0) is 12.3. The lowest BCUT2D eigenvalue weighted by molar-refractivity contribution is 1.05. The molecule has 0 aliphatic rings. The lowest BCUT2D eigenvalue weighted by Gasteiger charge is -2.07. The third-order valence-electron chi connectivity index (χ3n) is 2.29. The average molecular weight is 244 g/mol. The molecule has 1 heterocycles. The molecule has 0 saturated heterocycles. The van der Waals surface area contributed by atoms with Gasteiger partial charge in [-0.25, -0.2) is 4.98 Å². The fourth-order valence-electron chi connectivity index (χ4n) is 1.48. The number of aromatic nitrogens is 1. The van der Waals surface area contributed by atoms with Crippen molar-refractivity contribution in [3.63, 3.8) is 0 Å². The summed E-state index contributed by atoms with van der Waals surface area (Å²) in [7, 11) is 0. The Morgan fingerprint density at radius 2 is 2.35 bits per heavy atom. The predicted molar refractivity (Wildman–Crippen MR) is 69.7 cm³/mol. The maximum absolute atomic E-state index is 8.99. The van der Waals surface area contributed by atoms with Crippen LogP contribution < -0.4 is 11.1 Å². The Bertz CT molecular complexity index is 568. The third-order valence-corrected chi connectivity index (χ3v) is 3.11. The molecule has 3 N–H and O–H groups in total. The molecule has 0 aliphatic carbocycles. The summed E-state index contributed by atoms with van der Waals surface area (Å²) in [4.78, 5) is 4.35. The summed E-state index contributed by atoms with van der Waals surface area (Å²) in [5.41, 5.74) is 8.54. The van der Waals surface area contributed by atoms with Crippen LogP contribution in [0, 0.1) is 18.3 Å². The minimum atomic E-state index is 0.553. The highest BCUT2D eigenvalue weighted by Gasteiger charge is 2.03. The van der Waals surface area contributed by atoms with Gasteiger partial charge in [-0.2, -0.15) is 5.26 Å². The smallest absolute Gasteiger partial charge is 0.101 e. The summed E-state index contributed by atoms with van der Waals surface area (Å²) >= 11 is 1.62. The second kappa shape index (κ2) is 4.85. The van der Waals surface area contributed by atoms with Gasteiger partial charge < -0.3 is 11.1 Å². The molecular weight excluding hydrogens is 232 g/mol. The number of hydrogen-bond acceptors (Lipinski definition) is 5. The maximum Gasteiger partial charge on any atom is 0.101 e. The van der Waals surface area contributed by atoms with Crippen molar-refractivity contribution in [1.29, 1.82) is 5.26 Å². The van der Waals surface area contributed by atoms with E-state index in [1.54, 1.807) is 23.5 Å². The van der Waals surface area contributed by atoms with Crippen molar-refractivity contribution < 1.29 is 0 Å². The molecule has 4 nitrogen and oxygen atoms in total. The van der Waals surface area contributed by atoms with E-state index in [-0.39, 0.29) is 0 Å². The van der Waals surface area contributed by atoms with E-state index in [1.165, 1.54) is 0 Å². The van der Waals surface area contributed by atoms with Gasteiger partial charge in [0.05, 0.1) is 28.5 Å². The highest BCUT2D eigenvalue weighted by atomic mass is 32.1. The molecule has 1 aromatic carbocycles. The summed E-state index contributed by atoms with van der Waals surface area (Å²) in [6.07, 6.45) is 0. The molecule has 0 atom stereocenters. The van der Waals surface area contributed by atoms with E-state index in [1.807, 2.05) is 18.4 Å². The van der Waals surface area contributed by atoms with Gasteiger partial charge in [0.15, 0.2) is 0 Å². The van der Waals surface area contributed by atoms with Crippen LogP contribution >= 0.6 is 11.3 Å². The second-order valence-corrected chi connectivity index (χ2v) is 4.69. The van der Waals surface area contributed by atoms with Crippen LogP contribution in [0.5, 0.6) is 0 Å².